The van der Waals surface area contributed by atoms with Crippen molar-refractivity contribution in [1.82, 2.24) is 0 Å². The van der Waals surface area contributed by atoms with Gasteiger partial charge in [0.15, 0.2) is 0 Å². The molecule has 2 rings (SSSR count). The first kappa shape index (κ1) is 21.4. The molecule has 0 aliphatic heterocycles. The van der Waals surface area contributed by atoms with Gasteiger partial charge in [0.25, 0.3) is 0 Å². The molecule has 0 unspecified atom stereocenters. The van der Waals surface area contributed by atoms with Crippen molar-refractivity contribution in [3.63, 3.8) is 0 Å². The molecule has 0 fully saturated rings. The van der Waals surface area contributed by atoms with Crippen molar-refractivity contribution in [3.05, 3.63) is 39.9 Å². The van der Waals surface area contributed by atoms with Crippen molar-refractivity contribution in [1.29, 1.82) is 0 Å². The molecule has 1 aromatic rings. The Labute approximate surface area is 137 Å². The molecule has 0 atom stereocenters. The molecule has 103 valence electrons. The Morgan fingerprint density at radius 3 is 1.68 bits per heavy atom. The maximum absolute atomic E-state index is 8.25. The average molecular weight is 357 g/mol. The summed E-state index contributed by atoms with van der Waals surface area (Å²) in [5.41, 5.74) is 3.01. The van der Waals surface area contributed by atoms with Gasteiger partial charge < -0.3 is 10.2 Å². The Bertz CT molecular complexity index is 420. The minimum absolute atomic E-state index is 0. The van der Waals surface area contributed by atoms with Gasteiger partial charge in [0.1, 0.15) is 0 Å². The summed E-state index contributed by atoms with van der Waals surface area (Å²) in [5, 5.41) is 21.1. The summed E-state index contributed by atoms with van der Waals surface area (Å²) in [6.45, 7) is 9.05. The molecule has 0 bridgehead atoms. The molecule has 0 saturated carbocycles. The summed E-state index contributed by atoms with van der Waals surface area (Å²) in [6, 6.07) is 0. The molecule has 0 saturated heterocycles. The smallest absolute Gasteiger partial charge is 0.857 e. The Balaban J connectivity index is 0. The fourth-order valence-electron chi connectivity index (χ4n) is 2.04. The van der Waals surface area contributed by atoms with E-state index in [1.54, 1.807) is 10.6 Å². The second kappa shape index (κ2) is 10.8. The van der Waals surface area contributed by atoms with Gasteiger partial charge in [-0.25, -0.2) is 6.08 Å². The van der Waals surface area contributed by atoms with E-state index in [-0.39, 0.29) is 33.7 Å². The molecular weight excluding hydrogens is 334 g/mol. The second-order valence-corrected chi connectivity index (χ2v) is 6.42. The van der Waals surface area contributed by atoms with Gasteiger partial charge in [-0.3, -0.25) is 6.08 Å². The molecule has 1 aliphatic carbocycles. The fraction of sp³-hybridized carbons (Fsp3) is 0.467. The molecule has 0 spiro atoms. The van der Waals surface area contributed by atoms with Crippen LogP contribution in [0.1, 0.15) is 28.1 Å². The van der Waals surface area contributed by atoms with Gasteiger partial charge in [0.05, 0.1) is 0 Å². The summed E-state index contributed by atoms with van der Waals surface area (Å²) in [5.74, 6) is 0. The monoisotopic (exact) mass is 355 g/mol. The molecule has 1 aliphatic rings. The van der Waals surface area contributed by atoms with E-state index >= 15 is 0 Å². The predicted octanol–water partition coefficient (Wildman–Crippen LogP) is 2.46. The summed E-state index contributed by atoms with van der Waals surface area (Å²) in [7, 11) is 1.33. The maximum atomic E-state index is 8.25. The number of rotatable bonds is 1. The van der Waals surface area contributed by atoms with Crippen molar-refractivity contribution in [2.45, 2.75) is 34.1 Å². The van der Waals surface area contributed by atoms with Gasteiger partial charge in [-0.05, 0) is 49.4 Å². The zero-order chi connectivity index (χ0) is 14.3. The molecule has 1 aromatic heterocycles. The first-order valence-corrected chi connectivity index (χ1v) is 7.21. The normalized spacial score (nSPS) is 11.7. The first-order chi connectivity index (χ1) is 8.63. The van der Waals surface area contributed by atoms with Crippen molar-refractivity contribution in [3.8, 4) is 0 Å². The van der Waals surface area contributed by atoms with E-state index in [0.29, 0.717) is 0 Å². The van der Waals surface area contributed by atoms with E-state index in [9.17, 15) is 0 Å². The number of allylic oxidation sites excluding steroid dienone is 4. The molecule has 0 N–H and O–H groups in total. The zero-order valence-electron chi connectivity index (χ0n) is 12.6. The van der Waals surface area contributed by atoms with E-state index in [0.717, 1.165) is 20.6 Å². The number of hydrogen-bond acceptors (Lipinski definition) is 2. The van der Waals surface area contributed by atoms with E-state index in [1.165, 1.54) is 16.4 Å². The third-order valence-electron chi connectivity index (χ3n) is 3.24. The molecule has 1 heterocycles. The van der Waals surface area contributed by atoms with E-state index in [1.807, 2.05) is 0 Å². The van der Waals surface area contributed by atoms with Crippen LogP contribution in [0.15, 0.2) is 12.2 Å². The number of hydrogen-bond donors (Lipinski definition) is 0. The van der Waals surface area contributed by atoms with Gasteiger partial charge in [0, 0.05) is 0 Å². The SMILES string of the molecule is C[O-].C[O-].Cc1c(C)c(C)p(C2=[C-]CC=C2)c1C.[Zr+3]. The molecule has 0 aromatic carbocycles. The minimum atomic E-state index is -0.169. The van der Waals surface area contributed by atoms with Crippen molar-refractivity contribution < 1.29 is 36.4 Å². The molecule has 2 nitrogen and oxygen atoms in total. The standard InChI is InChI=1S/C13H16P.2CH3O.Zr/c1-9-10(2)12(4)14(11(9)3)13-7-5-6-8-13;2*1-2;/h5,7H,6H2,1-4H3;2*1H3;/q3*-1;+3. The average Bonchev–Trinajstić information content (AvgIpc) is 3.00. The van der Waals surface area contributed by atoms with Crippen LogP contribution in [0.3, 0.4) is 0 Å². The van der Waals surface area contributed by atoms with Crippen LogP contribution in [0.4, 0.5) is 0 Å². The third kappa shape index (κ3) is 4.83. The molecular formula is C15H22O2PZr. The quantitative estimate of drug-likeness (QED) is 0.726. The van der Waals surface area contributed by atoms with Crippen molar-refractivity contribution >= 4 is 12.8 Å². The summed E-state index contributed by atoms with van der Waals surface area (Å²) < 4.78 is 0. The van der Waals surface area contributed by atoms with Gasteiger partial charge in [-0.15, -0.1) is 14.0 Å². The molecule has 1 radical (unpaired) electrons. The van der Waals surface area contributed by atoms with Crippen LogP contribution < -0.4 is 10.2 Å². The summed E-state index contributed by atoms with van der Waals surface area (Å²) in [4.78, 5) is 0. The third-order valence-corrected chi connectivity index (χ3v) is 6.04. The van der Waals surface area contributed by atoms with E-state index in [4.69, 9.17) is 10.2 Å². The van der Waals surface area contributed by atoms with Crippen LogP contribution in [0, 0.1) is 33.8 Å². The Kier molecular flexibility index (Phi) is 12.1. The molecule has 19 heavy (non-hydrogen) atoms. The minimum Gasteiger partial charge on any atom is -0.857 e. The van der Waals surface area contributed by atoms with Crippen LogP contribution in [-0.2, 0) is 26.2 Å². The van der Waals surface area contributed by atoms with Gasteiger partial charge in [-0.2, -0.15) is 25.6 Å². The van der Waals surface area contributed by atoms with Gasteiger partial charge in [-0.1, -0.05) is 0 Å². The van der Waals surface area contributed by atoms with Gasteiger partial charge in [0.2, 0.25) is 0 Å². The Hall–Kier alpha value is 0.0631. The summed E-state index contributed by atoms with van der Waals surface area (Å²) in [6.07, 6.45) is 8.94. The second-order valence-electron chi connectivity index (χ2n) is 3.92. The van der Waals surface area contributed by atoms with Crippen LogP contribution in [0.5, 0.6) is 0 Å². The van der Waals surface area contributed by atoms with Crippen LogP contribution in [0.25, 0.3) is 5.31 Å². The van der Waals surface area contributed by atoms with E-state index in [2.05, 4.69) is 45.9 Å². The molecule has 4 heteroatoms. The fourth-order valence-corrected chi connectivity index (χ4v) is 4.77. The maximum Gasteiger partial charge on any atom is 3.00 e. The first-order valence-electron chi connectivity index (χ1n) is 5.87. The van der Waals surface area contributed by atoms with E-state index < -0.39 is 0 Å². The largest absolute Gasteiger partial charge is 3.00 e. The Morgan fingerprint density at radius 2 is 1.37 bits per heavy atom. The van der Waals surface area contributed by atoms with Crippen LogP contribution >= 0.6 is 7.53 Å². The van der Waals surface area contributed by atoms with Crippen LogP contribution in [0.2, 0.25) is 0 Å². The predicted molar refractivity (Wildman–Crippen MR) is 76.6 cm³/mol. The summed E-state index contributed by atoms with van der Waals surface area (Å²) >= 11 is 0. The van der Waals surface area contributed by atoms with Crippen molar-refractivity contribution in [2.75, 3.05) is 14.2 Å². The zero-order valence-corrected chi connectivity index (χ0v) is 16.0. The van der Waals surface area contributed by atoms with Crippen molar-refractivity contribution in [2.24, 2.45) is 0 Å². The van der Waals surface area contributed by atoms with Crippen LogP contribution in [-0.4, -0.2) is 14.2 Å². The molecule has 0 amide bonds. The van der Waals surface area contributed by atoms with Gasteiger partial charge >= 0.3 is 26.2 Å². The topological polar surface area (TPSA) is 46.1 Å². The Morgan fingerprint density at radius 1 is 0.947 bits per heavy atom.